The van der Waals surface area contributed by atoms with Crippen LogP contribution in [-0.4, -0.2) is 56.7 Å². The Bertz CT molecular complexity index is 342. The van der Waals surface area contributed by atoms with Gasteiger partial charge in [0.1, 0.15) is 0 Å². The van der Waals surface area contributed by atoms with Gasteiger partial charge < -0.3 is 10.6 Å². The van der Waals surface area contributed by atoms with E-state index >= 15 is 0 Å². The molecule has 0 spiro atoms. The summed E-state index contributed by atoms with van der Waals surface area (Å²) in [6.45, 7) is 5.21. The molecule has 0 radical (unpaired) electrons. The minimum absolute atomic E-state index is 0.657. The van der Waals surface area contributed by atoms with Crippen LogP contribution in [-0.2, 0) is 20.2 Å². The highest BCUT2D eigenvalue weighted by Crippen LogP contribution is 2.03. The monoisotopic (exact) mass is 276 g/mol. The molecule has 0 saturated carbocycles. The first kappa shape index (κ1) is 15.7. The number of rotatable bonds is 2. The first-order chi connectivity index (χ1) is 7.15. The molecule has 1 aliphatic heterocycles. The third-order valence-electron chi connectivity index (χ3n) is 1.80. The molecule has 8 nitrogen and oxygen atoms in total. The number of hydrogen-bond donors (Lipinski definition) is 4. The average Bonchev–Trinajstić information content (AvgIpc) is 2.17. The molecule has 0 bridgehead atoms. The van der Waals surface area contributed by atoms with E-state index in [-0.39, 0.29) is 0 Å². The Morgan fingerprint density at radius 2 is 1.12 bits per heavy atom. The Hall–Kier alpha value is -0.260. The maximum absolute atomic E-state index is 9.99. The minimum atomic E-state index is -4.70. The second kappa shape index (κ2) is 6.47. The second-order valence-electron chi connectivity index (χ2n) is 3.10. The molecule has 10 heteroatoms. The Balaban J connectivity index is 0.000000315. The topological polar surface area (TPSA) is 133 Å². The van der Waals surface area contributed by atoms with Crippen LogP contribution in [0.4, 0.5) is 0 Å². The summed E-state index contributed by atoms with van der Waals surface area (Å²) in [6, 6.07) is 0. The normalized spacial score (nSPS) is 17.8. The molecule has 0 aromatic rings. The smallest absolute Gasteiger partial charge is 0.284 e. The molecule has 16 heavy (non-hydrogen) atoms. The van der Waals surface area contributed by atoms with Crippen molar-refractivity contribution in [2.75, 3.05) is 26.2 Å². The van der Waals surface area contributed by atoms with Gasteiger partial charge >= 0.3 is 0 Å². The molecule has 98 valence electrons. The van der Waals surface area contributed by atoms with Crippen molar-refractivity contribution in [2.24, 2.45) is 0 Å². The van der Waals surface area contributed by atoms with Gasteiger partial charge in [-0.15, -0.1) is 0 Å². The molecule has 1 fully saturated rings. The van der Waals surface area contributed by atoms with Crippen LogP contribution in [0.15, 0.2) is 0 Å². The molecule has 0 aromatic carbocycles. The van der Waals surface area contributed by atoms with Crippen molar-refractivity contribution in [2.45, 2.75) is 11.5 Å². The zero-order valence-corrected chi connectivity index (χ0v) is 10.4. The van der Waals surface area contributed by atoms with Crippen LogP contribution in [0.5, 0.6) is 0 Å². The molecular formula is C6H16N2O6S2. The van der Waals surface area contributed by atoms with Crippen molar-refractivity contribution in [1.29, 1.82) is 0 Å². The van der Waals surface area contributed by atoms with E-state index in [1.165, 1.54) is 0 Å². The first-order valence-electron chi connectivity index (χ1n) is 4.49. The Labute approximate surface area is 94.9 Å². The summed E-state index contributed by atoms with van der Waals surface area (Å²) in [6.07, 6.45) is 0. The van der Waals surface area contributed by atoms with Gasteiger partial charge in [0.25, 0.3) is 20.2 Å². The lowest BCUT2D eigenvalue weighted by Gasteiger charge is -2.11. The third kappa shape index (κ3) is 7.09. The van der Waals surface area contributed by atoms with Crippen LogP contribution >= 0.6 is 0 Å². The van der Waals surface area contributed by atoms with Crippen LogP contribution in [0.25, 0.3) is 0 Å². The number of piperazine rings is 1. The minimum Gasteiger partial charge on any atom is -0.314 e. The van der Waals surface area contributed by atoms with Gasteiger partial charge in [-0.1, -0.05) is 0 Å². The largest absolute Gasteiger partial charge is 0.314 e. The third-order valence-corrected chi connectivity index (χ3v) is 4.93. The van der Waals surface area contributed by atoms with E-state index < -0.39 is 24.8 Å². The molecule has 1 saturated heterocycles. The fourth-order valence-electron chi connectivity index (χ4n) is 0.757. The lowest BCUT2D eigenvalue weighted by atomic mass is 10.4. The summed E-state index contributed by atoms with van der Waals surface area (Å²) >= 11 is 0. The molecule has 0 aromatic heterocycles. The lowest BCUT2D eigenvalue weighted by molar-refractivity contribution is 0.458. The summed E-state index contributed by atoms with van der Waals surface area (Å²) in [7, 11) is -9.40. The van der Waals surface area contributed by atoms with Gasteiger partial charge in [-0.3, -0.25) is 9.11 Å². The van der Waals surface area contributed by atoms with Gasteiger partial charge in [0.2, 0.25) is 4.58 Å². The number of nitrogens with one attached hydrogen (secondary N) is 2. The predicted molar refractivity (Wildman–Crippen MR) is 58.3 cm³/mol. The highest BCUT2D eigenvalue weighted by Gasteiger charge is 2.29. The molecular weight excluding hydrogens is 260 g/mol. The van der Waals surface area contributed by atoms with Gasteiger partial charge in [-0.05, 0) is 6.92 Å². The fourth-order valence-corrected chi connectivity index (χ4v) is 1.99. The van der Waals surface area contributed by atoms with Gasteiger partial charge in [0, 0.05) is 26.2 Å². The molecule has 1 rings (SSSR count). The van der Waals surface area contributed by atoms with E-state index in [9.17, 15) is 16.8 Å². The van der Waals surface area contributed by atoms with Crippen molar-refractivity contribution in [3.63, 3.8) is 0 Å². The summed E-state index contributed by atoms with van der Waals surface area (Å²) in [5.74, 6) is 0. The van der Waals surface area contributed by atoms with E-state index in [1.807, 2.05) is 0 Å². The van der Waals surface area contributed by atoms with Crippen molar-refractivity contribution in [3.05, 3.63) is 0 Å². The van der Waals surface area contributed by atoms with Gasteiger partial charge in [0.05, 0.1) is 0 Å². The Morgan fingerprint density at radius 1 is 0.875 bits per heavy atom. The van der Waals surface area contributed by atoms with Gasteiger partial charge in [0.15, 0.2) is 0 Å². The Morgan fingerprint density at radius 3 is 1.19 bits per heavy atom. The van der Waals surface area contributed by atoms with E-state index in [4.69, 9.17) is 9.11 Å². The van der Waals surface area contributed by atoms with Crippen LogP contribution < -0.4 is 10.6 Å². The van der Waals surface area contributed by atoms with Crippen LogP contribution in [0.3, 0.4) is 0 Å². The molecule has 1 heterocycles. The fraction of sp³-hybridized carbons (Fsp3) is 1.00. The van der Waals surface area contributed by atoms with Crippen LogP contribution in [0.2, 0.25) is 0 Å². The predicted octanol–water partition coefficient (Wildman–Crippen LogP) is -1.71. The van der Waals surface area contributed by atoms with Crippen molar-refractivity contribution < 1.29 is 25.9 Å². The zero-order chi connectivity index (χ0) is 12.8. The quantitative estimate of drug-likeness (QED) is 0.438. The van der Waals surface area contributed by atoms with Gasteiger partial charge in [-0.2, -0.15) is 16.8 Å². The molecule has 0 amide bonds. The van der Waals surface area contributed by atoms with Crippen molar-refractivity contribution >= 4 is 20.2 Å². The molecule has 1 aliphatic rings. The van der Waals surface area contributed by atoms with E-state index in [0.717, 1.165) is 26.2 Å². The molecule has 4 N–H and O–H groups in total. The van der Waals surface area contributed by atoms with E-state index in [2.05, 4.69) is 10.6 Å². The molecule has 0 aliphatic carbocycles. The summed E-state index contributed by atoms with van der Waals surface area (Å²) in [5, 5.41) is 6.44. The van der Waals surface area contributed by atoms with Crippen molar-refractivity contribution in [3.8, 4) is 0 Å². The van der Waals surface area contributed by atoms with E-state index in [1.54, 1.807) is 0 Å². The summed E-state index contributed by atoms with van der Waals surface area (Å²) in [5.41, 5.74) is 0. The Kier molecular flexibility index (Phi) is 6.36. The molecule has 0 unspecified atom stereocenters. The maximum Gasteiger partial charge on any atom is 0.284 e. The van der Waals surface area contributed by atoms with E-state index in [0.29, 0.717) is 6.92 Å². The second-order valence-corrected chi connectivity index (χ2v) is 6.87. The standard InChI is InChI=1S/C4H10N2.C2H6O6S2/c1-2-6-4-3-5-1;1-2(9(3,4)5)10(6,7)8/h5-6H,1-4H2;2H,1H3,(H,3,4,5)(H,6,7,8). The zero-order valence-electron chi connectivity index (χ0n) is 8.75. The summed E-state index contributed by atoms with van der Waals surface area (Å²) < 4.78 is 53.9. The lowest BCUT2D eigenvalue weighted by Crippen LogP contribution is -2.39. The van der Waals surface area contributed by atoms with Crippen LogP contribution in [0, 0.1) is 0 Å². The highest BCUT2D eigenvalue weighted by molar-refractivity contribution is 8.03. The average molecular weight is 276 g/mol. The highest BCUT2D eigenvalue weighted by atomic mass is 32.3. The number of hydrogen-bond acceptors (Lipinski definition) is 6. The van der Waals surface area contributed by atoms with Crippen molar-refractivity contribution in [1.82, 2.24) is 10.6 Å². The molecule has 0 atom stereocenters. The summed E-state index contributed by atoms with van der Waals surface area (Å²) in [4.78, 5) is 0. The maximum atomic E-state index is 9.99. The van der Waals surface area contributed by atoms with Gasteiger partial charge in [-0.25, -0.2) is 0 Å². The SMILES string of the molecule is C1CNCCN1.CC(S(=O)(=O)O)S(=O)(=O)O. The van der Waals surface area contributed by atoms with Crippen LogP contribution in [0.1, 0.15) is 6.92 Å². The first-order valence-corrected chi connectivity index (χ1v) is 7.50.